The summed E-state index contributed by atoms with van der Waals surface area (Å²) in [7, 11) is 1.86. The fourth-order valence-corrected chi connectivity index (χ4v) is 2.71. The molecule has 5 nitrogen and oxygen atoms in total. The van der Waals surface area contributed by atoms with Crippen molar-refractivity contribution in [3.63, 3.8) is 0 Å². The van der Waals surface area contributed by atoms with Crippen LogP contribution in [0.5, 0.6) is 0 Å². The second kappa shape index (κ2) is 6.81. The fraction of sp³-hybridized carbons (Fsp3) is 0.308. The first-order valence-electron chi connectivity index (χ1n) is 6.05. The van der Waals surface area contributed by atoms with Crippen LogP contribution in [0.4, 0.5) is 5.69 Å². The lowest BCUT2D eigenvalue weighted by molar-refractivity contribution is -0.115. The number of hydrogen-bond donors (Lipinski definition) is 1. The largest absolute Gasteiger partial charge is 0.325 e. The van der Waals surface area contributed by atoms with Crippen LogP contribution in [0.25, 0.3) is 0 Å². The van der Waals surface area contributed by atoms with Crippen LogP contribution >= 0.6 is 23.5 Å². The number of aryl methyl sites for hydroxylation is 1. The van der Waals surface area contributed by atoms with Gasteiger partial charge in [0.05, 0.1) is 5.25 Å². The van der Waals surface area contributed by atoms with Crippen molar-refractivity contribution in [3.8, 4) is 0 Å². The van der Waals surface area contributed by atoms with Gasteiger partial charge in [0, 0.05) is 17.6 Å². The smallest absolute Gasteiger partial charge is 0.237 e. The molecule has 0 aliphatic rings. The summed E-state index contributed by atoms with van der Waals surface area (Å²) in [5.74, 6) is -0.0464. The molecule has 0 saturated heterocycles. The van der Waals surface area contributed by atoms with Crippen molar-refractivity contribution in [1.82, 2.24) is 14.8 Å². The van der Waals surface area contributed by atoms with E-state index in [9.17, 15) is 4.79 Å². The van der Waals surface area contributed by atoms with E-state index in [-0.39, 0.29) is 11.2 Å². The van der Waals surface area contributed by atoms with Crippen LogP contribution in [0.15, 0.2) is 40.6 Å². The molecule has 0 fully saturated rings. The number of amides is 1. The van der Waals surface area contributed by atoms with Crippen LogP contribution in [0, 0.1) is 0 Å². The second-order valence-electron chi connectivity index (χ2n) is 4.20. The molecule has 2 aromatic rings. The van der Waals surface area contributed by atoms with Gasteiger partial charge in [-0.2, -0.15) is 0 Å². The molecule has 1 aromatic carbocycles. The van der Waals surface area contributed by atoms with Crippen molar-refractivity contribution in [3.05, 3.63) is 30.6 Å². The molecule has 1 aromatic heterocycles. The van der Waals surface area contributed by atoms with Crippen LogP contribution < -0.4 is 5.32 Å². The topological polar surface area (TPSA) is 59.8 Å². The lowest BCUT2D eigenvalue weighted by Gasteiger charge is -2.11. The van der Waals surface area contributed by atoms with Gasteiger partial charge in [-0.1, -0.05) is 11.8 Å². The number of nitrogens with one attached hydrogen (secondary N) is 1. The van der Waals surface area contributed by atoms with Gasteiger partial charge in [0.25, 0.3) is 0 Å². The first-order valence-corrected chi connectivity index (χ1v) is 8.16. The summed E-state index contributed by atoms with van der Waals surface area (Å²) in [6.07, 6.45) is 3.64. The molecule has 20 heavy (non-hydrogen) atoms. The summed E-state index contributed by atoms with van der Waals surface area (Å²) in [5, 5.41) is 11.1. The molecule has 1 unspecified atom stereocenters. The Morgan fingerprint density at radius 1 is 1.35 bits per heavy atom. The minimum Gasteiger partial charge on any atom is -0.325 e. The van der Waals surface area contributed by atoms with Gasteiger partial charge in [0.15, 0.2) is 5.16 Å². The Hall–Kier alpha value is -1.47. The molecule has 0 spiro atoms. The number of aromatic nitrogens is 3. The van der Waals surface area contributed by atoms with E-state index < -0.39 is 0 Å². The van der Waals surface area contributed by atoms with Crippen molar-refractivity contribution < 1.29 is 4.79 Å². The molecule has 0 radical (unpaired) electrons. The molecule has 0 aliphatic carbocycles. The van der Waals surface area contributed by atoms with Crippen molar-refractivity contribution in [1.29, 1.82) is 0 Å². The number of carbonyl (C=O) groups is 1. The van der Waals surface area contributed by atoms with Crippen LogP contribution in [-0.2, 0) is 11.8 Å². The quantitative estimate of drug-likeness (QED) is 0.861. The van der Waals surface area contributed by atoms with Crippen molar-refractivity contribution in [2.24, 2.45) is 7.05 Å². The molecule has 1 N–H and O–H groups in total. The summed E-state index contributed by atoms with van der Waals surface area (Å²) in [4.78, 5) is 13.3. The van der Waals surface area contributed by atoms with Crippen molar-refractivity contribution >= 4 is 35.1 Å². The maximum absolute atomic E-state index is 12.1. The molecule has 0 aliphatic heterocycles. The Kier molecular flexibility index (Phi) is 5.08. The maximum atomic E-state index is 12.1. The molecule has 0 saturated carbocycles. The minimum absolute atomic E-state index is 0.0464. The Morgan fingerprint density at radius 3 is 2.60 bits per heavy atom. The highest BCUT2D eigenvalue weighted by Crippen LogP contribution is 2.22. The molecule has 7 heteroatoms. The summed E-state index contributed by atoms with van der Waals surface area (Å²) in [5.41, 5.74) is 0.804. The summed E-state index contributed by atoms with van der Waals surface area (Å²) in [6.45, 7) is 1.85. The molecule has 1 amide bonds. The zero-order chi connectivity index (χ0) is 14.5. The highest BCUT2D eigenvalue weighted by molar-refractivity contribution is 8.00. The molecular weight excluding hydrogens is 292 g/mol. The van der Waals surface area contributed by atoms with Gasteiger partial charge >= 0.3 is 0 Å². The highest BCUT2D eigenvalue weighted by Gasteiger charge is 2.17. The summed E-state index contributed by atoms with van der Waals surface area (Å²) in [6, 6.07) is 7.79. The van der Waals surface area contributed by atoms with Gasteiger partial charge < -0.3 is 9.88 Å². The van der Waals surface area contributed by atoms with Crippen LogP contribution in [0.1, 0.15) is 6.92 Å². The van der Waals surface area contributed by atoms with Gasteiger partial charge in [-0.05, 0) is 37.4 Å². The van der Waals surface area contributed by atoms with E-state index >= 15 is 0 Å². The predicted octanol–water partition coefficient (Wildman–Crippen LogP) is 2.66. The Morgan fingerprint density at radius 2 is 2.05 bits per heavy atom. The normalized spacial score (nSPS) is 12.2. The van der Waals surface area contributed by atoms with Gasteiger partial charge in [-0.25, -0.2) is 0 Å². The van der Waals surface area contributed by atoms with Crippen molar-refractivity contribution in [2.45, 2.75) is 22.2 Å². The van der Waals surface area contributed by atoms with E-state index in [1.165, 1.54) is 16.7 Å². The number of benzene rings is 1. The number of thioether (sulfide) groups is 2. The third-order valence-corrected chi connectivity index (χ3v) is 4.57. The fourth-order valence-electron chi connectivity index (χ4n) is 1.51. The average Bonchev–Trinajstić information content (AvgIpc) is 2.85. The third kappa shape index (κ3) is 3.77. The monoisotopic (exact) mass is 308 g/mol. The molecule has 2 rings (SSSR count). The second-order valence-corrected chi connectivity index (χ2v) is 6.39. The lowest BCUT2D eigenvalue weighted by Crippen LogP contribution is -2.22. The van der Waals surface area contributed by atoms with Gasteiger partial charge in [0.1, 0.15) is 6.33 Å². The standard InChI is InChI=1S/C13H16N4OS2/c1-9(20-13-16-14-8-17(13)2)12(18)15-10-4-6-11(19-3)7-5-10/h4-9H,1-3H3,(H,15,18). The highest BCUT2D eigenvalue weighted by atomic mass is 32.2. The predicted molar refractivity (Wildman–Crippen MR) is 83.2 cm³/mol. The zero-order valence-electron chi connectivity index (χ0n) is 11.5. The van der Waals surface area contributed by atoms with E-state index in [0.717, 1.165) is 10.8 Å². The SMILES string of the molecule is CSc1ccc(NC(=O)C(C)Sc2nncn2C)cc1. The molecule has 106 valence electrons. The zero-order valence-corrected chi connectivity index (χ0v) is 13.2. The van der Waals surface area contributed by atoms with Crippen LogP contribution in [0.2, 0.25) is 0 Å². The Balaban J connectivity index is 1.95. The first kappa shape index (κ1) is 14.9. The van der Waals surface area contributed by atoms with E-state index in [0.29, 0.717) is 0 Å². The molecule has 0 bridgehead atoms. The summed E-state index contributed by atoms with van der Waals surface area (Å²) >= 11 is 3.06. The van der Waals surface area contributed by atoms with Gasteiger partial charge in [0.2, 0.25) is 5.91 Å². The van der Waals surface area contributed by atoms with Crippen molar-refractivity contribution in [2.75, 3.05) is 11.6 Å². The lowest BCUT2D eigenvalue weighted by atomic mass is 10.3. The minimum atomic E-state index is -0.238. The molecular formula is C13H16N4OS2. The Bertz CT molecular complexity index is 582. The number of nitrogens with zero attached hydrogens (tertiary/aromatic N) is 3. The number of anilines is 1. The Labute approximate surface area is 126 Å². The molecule has 1 heterocycles. The number of rotatable bonds is 5. The number of hydrogen-bond acceptors (Lipinski definition) is 5. The van der Waals surface area contributed by atoms with E-state index in [1.807, 2.05) is 44.5 Å². The molecule has 1 atom stereocenters. The van der Waals surface area contributed by atoms with E-state index in [1.54, 1.807) is 22.7 Å². The third-order valence-electron chi connectivity index (χ3n) is 2.68. The maximum Gasteiger partial charge on any atom is 0.237 e. The van der Waals surface area contributed by atoms with Crippen LogP contribution in [0.3, 0.4) is 0 Å². The van der Waals surface area contributed by atoms with E-state index in [2.05, 4.69) is 15.5 Å². The first-order chi connectivity index (χ1) is 9.60. The number of carbonyl (C=O) groups excluding carboxylic acids is 1. The van der Waals surface area contributed by atoms with Gasteiger partial charge in [-0.3, -0.25) is 4.79 Å². The van der Waals surface area contributed by atoms with E-state index in [4.69, 9.17) is 0 Å². The summed E-state index contributed by atoms with van der Waals surface area (Å²) < 4.78 is 1.79. The van der Waals surface area contributed by atoms with Crippen LogP contribution in [-0.4, -0.2) is 32.2 Å². The van der Waals surface area contributed by atoms with Gasteiger partial charge in [-0.15, -0.1) is 22.0 Å². The average molecular weight is 308 g/mol.